The highest BCUT2D eigenvalue weighted by molar-refractivity contribution is 6.02. The number of nitrogens with one attached hydrogen (secondary N) is 2. The highest BCUT2D eigenvalue weighted by Crippen LogP contribution is 2.34. The molecular weight excluding hydrogens is 661 g/mol. The van der Waals surface area contributed by atoms with Crippen molar-refractivity contribution in [3.63, 3.8) is 0 Å². The molecule has 5 heterocycles. The molecule has 0 fully saturated rings. The molecule has 0 bridgehead atoms. The maximum atomic E-state index is 12.6. The molecule has 0 atom stereocenters. The third kappa shape index (κ3) is 7.21. The van der Waals surface area contributed by atoms with Crippen LogP contribution in [0, 0.1) is 0 Å². The maximum absolute atomic E-state index is 12.6. The molecule has 0 aliphatic carbocycles. The van der Waals surface area contributed by atoms with Crippen LogP contribution in [-0.2, 0) is 6.54 Å². The average molecular weight is 691 g/mol. The van der Waals surface area contributed by atoms with Crippen LogP contribution in [0.2, 0.25) is 0 Å². The zero-order valence-electron chi connectivity index (χ0n) is 28.2. The van der Waals surface area contributed by atoms with Crippen LogP contribution in [0.1, 0.15) is 5.69 Å². The maximum Gasteiger partial charge on any atom is 0.259 e. The number of H-pyrrole nitrogens is 1. The van der Waals surface area contributed by atoms with Gasteiger partial charge in [0, 0.05) is 31.0 Å². The third-order valence-corrected chi connectivity index (χ3v) is 8.44. The summed E-state index contributed by atoms with van der Waals surface area (Å²) >= 11 is 0. The Bertz CT molecular complexity index is 2680. The first kappa shape index (κ1) is 32.7. The number of anilines is 1. The molecule has 0 spiro atoms. The molecular formula is C42H30N10O. The molecule has 0 saturated carbocycles. The van der Waals surface area contributed by atoms with Crippen LogP contribution < -0.4 is 10.9 Å². The number of hydrogen-bond acceptors (Lipinski definition) is 10. The van der Waals surface area contributed by atoms with Crippen molar-refractivity contribution in [1.29, 1.82) is 0 Å². The normalized spacial score (nSPS) is 10.8. The quantitative estimate of drug-likeness (QED) is 0.170. The van der Waals surface area contributed by atoms with Crippen molar-refractivity contribution < 1.29 is 0 Å². The summed E-state index contributed by atoms with van der Waals surface area (Å²) in [4.78, 5) is 50.2. The van der Waals surface area contributed by atoms with Crippen molar-refractivity contribution in [2.24, 2.45) is 0 Å². The summed E-state index contributed by atoms with van der Waals surface area (Å²) < 4.78 is 0. The van der Waals surface area contributed by atoms with Gasteiger partial charge in [0.1, 0.15) is 24.3 Å². The minimum atomic E-state index is -0.173. The van der Waals surface area contributed by atoms with Crippen LogP contribution in [0.25, 0.3) is 66.8 Å². The highest BCUT2D eigenvalue weighted by Gasteiger charge is 2.15. The molecule has 9 aromatic rings. The number of hydrogen-bond donors (Lipinski definition) is 2. The third-order valence-electron chi connectivity index (χ3n) is 8.44. The lowest BCUT2D eigenvalue weighted by atomic mass is 10.0. The van der Waals surface area contributed by atoms with Gasteiger partial charge in [-0.1, -0.05) is 91.0 Å². The van der Waals surface area contributed by atoms with E-state index < -0.39 is 0 Å². The fourth-order valence-corrected chi connectivity index (χ4v) is 6.00. The molecule has 0 radical (unpaired) electrons. The summed E-state index contributed by atoms with van der Waals surface area (Å²) in [5.74, 6) is 1.80. The number of rotatable bonds is 7. The van der Waals surface area contributed by atoms with Crippen LogP contribution in [0.3, 0.4) is 0 Å². The van der Waals surface area contributed by atoms with Crippen molar-refractivity contribution in [2.75, 3.05) is 5.32 Å². The van der Waals surface area contributed by atoms with Crippen LogP contribution in [0.15, 0.2) is 164 Å². The van der Waals surface area contributed by atoms with Gasteiger partial charge in [0.05, 0.1) is 45.2 Å². The highest BCUT2D eigenvalue weighted by atomic mass is 16.1. The van der Waals surface area contributed by atoms with E-state index in [1.165, 1.54) is 12.7 Å². The van der Waals surface area contributed by atoms with Crippen LogP contribution in [0.5, 0.6) is 0 Å². The number of benzene rings is 4. The Balaban J connectivity index is 0.000000156. The van der Waals surface area contributed by atoms with Crippen molar-refractivity contribution in [3.8, 4) is 45.0 Å². The van der Waals surface area contributed by atoms with Gasteiger partial charge in [-0.3, -0.25) is 9.78 Å². The first-order valence-corrected chi connectivity index (χ1v) is 16.8. The molecule has 254 valence electrons. The molecule has 0 amide bonds. The number of fused-ring (bicyclic) bond motifs is 2. The molecule has 53 heavy (non-hydrogen) atoms. The molecule has 11 nitrogen and oxygen atoms in total. The molecule has 0 unspecified atom stereocenters. The van der Waals surface area contributed by atoms with Gasteiger partial charge in [0.25, 0.3) is 5.56 Å². The van der Waals surface area contributed by atoms with E-state index in [4.69, 9.17) is 9.97 Å². The Hall–Kier alpha value is -7.53. The topological polar surface area (TPSA) is 148 Å². The van der Waals surface area contributed by atoms with Gasteiger partial charge in [-0.15, -0.1) is 0 Å². The molecule has 2 N–H and O–H groups in total. The van der Waals surface area contributed by atoms with E-state index in [9.17, 15) is 4.79 Å². The Kier molecular flexibility index (Phi) is 9.34. The predicted octanol–water partition coefficient (Wildman–Crippen LogP) is 7.81. The molecule has 0 aliphatic heterocycles. The predicted molar refractivity (Wildman–Crippen MR) is 206 cm³/mol. The van der Waals surface area contributed by atoms with Crippen molar-refractivity contribution in [2.45, 2.75) is 6.54 Å². The number of pyridine rings is 1. The standard InChI is InChI=1S/C24H18N6.C18H12N4O/c1-2-7-17(8-3-1)20-10-6-11-21-22(20)24(28-15-19-9-4-5-12-27-19)30-23(29-21)18-13-25-16-26-14-18;23-18-16-14(12-5-2-1-3-6-12)7-4-8-15(16)21-17(22-18)13-9-19-11-20-10-13/h1-14,16H,15H2,(H,28,29,30);1-11H,(H,21,22,23). The number of aromatic nitrogens is 9. The van der Waals surface area contributed by atoms with E-state index in [1.807, 2.05) is 97.1 Å². The van der Waals surface area contributed by atoms with E-state index in [1.54, 1.807) is 31.0 Å². The Morgan fingerprint density at radius 1 is 0.528 bits per heavy atom. The zero-order chi connectivity index (χ0) is 35.8. The van der Waals surface area contributed by atoms with E-state index in [0.717, 1.165) is 50.2 Å². The summed E-state index contributed by atoms with van der Waals surface area (Å²) in [6, 6.07) is 37.7. The first-order chi connectivity index (χ1) is 26.2. The molecule has 9 rings (SSSR count). The molecule has 5 aromatic heterocycles. The number of aromatic amines is 1. The summed E-state index contributed by atoms with van der Waals surface area (Å²) in [7, 11) is 0. The van der Waals surface area contributed by atoms with E-state index in [2.05, 4.69) is 58.4 Å². The van der Waals surface area contributed by atoms with Crippen LogP contribution in [0.4, 0.5) is 5.82 Å². The Morgan fingerprint density at radius 3 is 1.74 bits per heavy atom. The Labute approximate surface area is 303 Å². The van der Waals surface area contributed by atoms with Crippen molar-refractivity contribution in [3.05, 3.63) is 175 Å². The molecule has 11 heteroatoms. The molecule has 4 aromatic carbocycles. The minimum Gasteiger partial charge on any atom is -0.364 e. The second kappa shape index (κ2) is 15.2. The lowest BCUT2D eigenvalue weighted by Gasteiger charge is -2.14. The summed E-state index contributed by atoms with van der Waals surface area (Å²) in [5, 5.41) is 5.02. The molecule has 0 aliphatic rings. The number of nitrogens with zero attached hydrogens (tertiary/aromatic N) is 8. The van der Waals surface area contributed by atoms with Gasteiger partial charge in [-0.2, -0.15) is 0 Å². The largest absolute Gasteiger partial charge is 0.364 e. The van der Waals surface area contributed by atoms with Gasteiger partial charge in [-0.25, -0.2) is 34.9 Å². The smallest absolute Gasteiger partial charge is 0.259 e. The fraction of sp³-hybridized carbons (Fsp3) is 0.0238. The lowest BCUT2D eigenvalue weighted by molar-refractivity contribution is 1.03. The van der Waals surface area contributed by atoms with Crippen LogP contribution >= 0.6 is 0 Å². The van der Waals surface area contributed by atoms with E-state index in [-0.39, 0.29) is 5.56 Å². The van der Waals surface area contributed by atoms with Crippen molar-refractivity contribution in [1.82, 2.24) is 44.9 Å². The Morgan fingerprint density at radius 2 is 1.11 bits per heavy atom. The van der Waals surface area contributed by atoms with Crippen molar-refractivity contribution >= 4 is 27.6 Å². The summed E-state index contributed by atoms with van der Waals surface area (Å²) in [6.45, 7) is 0.556. The minimum absolute atomic E-state index is 0.173. The SMILES string of the molecule is O=c1[nH]c(-c2cncnc2)nc2cccc(-c3ccccc3)c12.c1ccc(-c2cccc3nc(-c4cncnc4)nc(NCc4ccccn4)c23)cc1. The second-order valence-corrected chi connectivity index (χ2v) is 11.9. The van der Waals surface area contributed by atoms with Gasteiger partial charge in [0.15, 0.2) is 5.82 Å². The summed E-state index contributed by atoms with van der Waals surface area (Å²) in [5.41, 5.74) is 7.76. The first-order valence-electron chi connectivity index (χ1n) is 16.8. The fourth-order valence-electron chi connectivity index (χ4n) is 6.00. The van der Waals surface area contributed by atoms with Gasteiger partial charge in [-0.05, 0) is 46.5 Å². The van der Waals surface area contributed by atoms with Gasteiger partial charge < -0.3 is 10.3 Å². The van der Waals surface area contributed by atoms with Crippen LogP contribution in [-0.4, -0.2) is 44.9 Å². The van der Waals surface area contributed by atoms with E-state index >= 15 is 0 Å². The second-order valence-electron chi connectivity index (χ2n) is 11.9. The summed E-state index contributed by atoms with van der Waals surface area (Å²) in [6.07, 6.45) is 11.4. The monoisotopic (exact) mass is 690 g/mol. The van der Waals surface area contributed by atoms with Gasteiger partial charge >= 0.3 is 0 Å². The average Bonchev–Trinajstić information content (AvgIpc) is 3.24. The molecule has 0 saturated heterocycles. The van der Waals surface area contributed by atoms with E-state index in [0.29, 0.717) is 34.7 Å². The zero-order valence-corrected chi connectivity index (χ0v) is 28.2. The van der Waals surface area contributed by atoms with Gasteiger partial charge in [0.2, 0.25) is 0 Å². The lowest BCUT2D eigenvalue weighted by Crippen LogP contribution is -2.10.